The SMILES string of the molecule is CCN(CC)P(c1ccccc1)C1C=CCC=C1. The van der Waals surface area contributed by atoms with Gasteiger partial charge in [-0.2, -0.15) is 0 Å². The molecule has 0 spiro atoms. The smallest absolute Gasteiger partial charge is 0.0325 e. The largest absolute Gasteiger partial charge is 0.278 e. The molecule has 0 fully saturated rings. The Hall–Kier alpha value is -0.910. The molecule has 0 saturated carbocycles. The highest BCUT2D eigenvalue weighted by Gasteiger charge is 2.24. The molecule has 0 saturated heterocycles. The van der Waals surface area contributed by atoms with E-state index in [2.05, 4.69) is 73.2 Å². The van der Waals surface area contributed by atoms with Crippen molar-refractivity contribution in [3.05, 3.63) is 54.6 Å². The van der Waals surface area contributed by atoms with Gasteiger partial charge in [0.05, 0.1) is 0 Å². The standard InChI is InChI=1S/C16H22NP/c1-3-17(4-2)18(15-11-7-5-8-12-15)16-13-9-6-10-14-16/h5,7-14,16H,3-4,6H2,1-2H3. The van der Waals surface area contributed by atoms with Crippen molar-refractivity contribution in [1.82, 2.24) is 4.67 Å². The minimum atomic E-state index is -0.278. The molecule has 18 heavy (non-hydrogen) atoms. The van der Waals surface area contributed by atoms with Crippen LogP contribution in [0, 0.1) is 0 Å². The summed E-state index contributed by atoms with van der Waals surface area (Å²) in [5.74, 6) is 0. The van der Waals surface area contributed by atoms with E-state index < -0.39 is 0 Å². The van der Waals surface area contributed by atoms with E-state index in [1.807, 2.05) is 0 Å². The van der Waals surface area contributed by atoms with Crippen LogP contribution >= 0.6 is 8.07 Å². The summed E-state index contributed by atoms with van der Waals surface area (Å²) in [6.07, 6.45) is 10.5. The molecule has 2 rings (SSSR count). The normalized spacial score (nSPS) is 17.3. The van der Waals surface area contributed by atoms with E-state index in [0.717, 1.165) is 19.5 Å². The fourth-order valence-corrected chi connectivity index (χ4v) is 5.08. The molecule has 0 heterocycles. The summed E-state index contributed by atoms with van der Waals surface area (Å²) in [6, 6.07) is 11.0. The van der Waals surface area contributed by atoms with E-state index in [1.165, 1.54) is 5.30 Å². The molecule has 1 aromatic rings. The third-order valence-corrected chi connectivity index (χ3v) is 6.19. The topological polar surface area (TPSA) is 3.24 Å². The zero-order valence-corrected chi connectivity index (χ0v) is 12.2. The first-order valence-corrected chi connectivity index (χ1v) is 8.15. The first kappa shape index (κ1) is 13.5. The van der Waals surface area contributed by atoms with Crippen LogP contribution in [-0.4, -0.2) is 23.4 Å². The first-order chi connectivity index (χ1) is 8.86. The van der Waals surface area contributed by atoms with E-state index in [0.29, 0.717) is 5.66 Å². The van der Waals surface area contributed by atoms with E-state index in [4.69, 9.17) is 0 Å². The van der Waals surface area contributed by atoms with Crippen LogP contribution in [0.4, 0.5) is 0 Å². The Labute approximate surface area is 112 Å². The number of hydrogen-bond donors (Lipinski definition) is 0. The summed E-state index contributed by atoms with van der Waals surface area (Å²) in [6.45, 7) is 6.76. The predicted octanol–water partition coefficient (Wildman–Crippen LogP) is 3.94. The Kier molecular flexibility index (Phi) is 5.16. The van der Waals surface area contributed by atoms with Crippen LogP contribution in [-0.2, 0) is 0 Å². The second-order valence-electron chi connectivity index (χ2n) is 4.40. The maximum atomic E-state index is 2.61. The van der Waals surface area contributed by atoms with Gasteiger partial charge in [0, 0.05) is 13.7 Å². The van der Waals surface area contributed by atoms with Gasteiger partial charge in [-0.15, -0.1) is 0 Å². The van der Waals surface area contributed by atoms with Crippen LogP contribution in [0.25, 0.3) is 0 Å². The fraction of sp³-hybridized carbons (Fsp3) is 0.375. The summed E-state index contributed by atoms with van der Waals surface area (Å²) in [4.78, 5) is 0. The van der Waals surface area contributed by atoms with Crippen molar-refractivity contribution in [2.75, 3.05) is 13.1 Å². The van der Waals surface area contributed by atoms with Crippen LogP contribution in [0.5, 0.6) is 0 Å². The molecule has 1 aliphatic carbocycles. The number of benzene rings is 1. The fourth-order valence-electron chi connectivity index (χ4n) is 2.37. The highest BCUT2D eigenvalue weighted by molar-refractivity contribution is 7.64. The monoisotopic (exact) mass is 259 g/mol. The average molecular weight is 259 g/mol. The second kappa shape index (κ2) is 6.87. The van der Waals surface area contributed by atoms with Gasteiger partial charge >= 0.3 is 0 Å². The summed E-state index contributed by atoms with van der Waals surface area (Å²) >= 11 is 0. The van der Waals surface area contributed by atoms with Crippen molar-refractivity contribution in [1.29, 1.82) is 0 Å². The van der Waals surface area contributed by atoms with Gasteiger partial charge in [-0.05, 0) is 24.8 Å². The summed E-state index contributed by atoms with van der Waals surface area (Å²) in [5, 5.41) is 1.48. The molecule has 1 aliphatic rings. The Balaban J connectivity index is 2.30. The Morgan fingerprint density at radius 3 is 2.22 bits per heavy atom. The van der Waals surface area contributed by atoms with Crippen molar-refractivity contribution in [2.45, 2.75) is 25.9 Å². The van der Waals surface area contributed by atoms with Gasteiger partial charge < -0.3 is 0 Å². The number of allylic oxidation sites excluding steroid dienone is 4. The zero-order valence-electron chi connectivity index (χ0n) is 11.3. The van der Waals surface area contributed by atoms with Crippen LogP contribution < -0.4 is 5.30 Å². The van der Waals surface area contributed by atoms with Gasteiger partial charge in [-0.3, -0.25) is 4.67 Å². The molecular weight excluding hydrogens is 237 g/mol. The molecule has 0 amide bonds. The summed E-state index contributed by atoms with van der Waals surface area (Å²) < 4.78 is 2.61. The van der Waals surface area contributed by atoms with E-state index in [-0.39, 0.29) is 8.07 Å². The van der Waals surface area contributed by atoms with Crippen LogP contribution in [0.15, 0.2) is 54.6 Å². The highest BCUT2D eigenvalue weighted by atomic mass is 31.1. The van der Waals surface area contributed by atoms with Gasteiger partial charge in [-0.1, -0.05) is 68.5 Å². The highest BCUT2D eigenvalue weighted by Crippen LogP contribution is 2.46. The van der Waals surface area contributed by atoms with E-state index in [9.17, 15) is 0 Å². The van der Waals surface area contributed by atoms with Gasteiger partial charge in [0.2, 0.25) is 0 Å². The third kappa shape index (κ3) is 3.10. The van der Waals surface area contributed by atoms with Crippen molar-refractivity contribution in [2.24, 2.45) is 0 Å². The quantitative estimate of drug-likeness (QED) is 0.572. The van der Waals surface area contributed by atoms with Crippen molar-refractivity contribution in [3.8, 4) is 0 Å². The molecule has 2 heteroatoms. The second-order valence-corrected chi connectivity index (χ2v) is 6.77. The van der Waals surface area contributed by atoms with E-state index in [1.54, 1.807) is 0 Å². The van der Waals surface area contributed by atoms with Crippen LogP contribution in [0.1, 0.15) is 20.3 Å². The number of hydrogen-bond acceptors (Lipinski definition) is 1. The molecule has 0 bridgehead atoms. The lowest BCUT2D eigenvalue weighted by molar-refractivity contribution is 0.508. The minimum absolute atomic E-state index is 0.278. The van der Waals surface area contributed by atoms with Crippen LogP contribution in [0.2, 0.25) is 0 Å². The van der Waals surface area contributed by atoms with Gasteiger partial charge in [-0.25, -0.2) is 0 Å². The average Bonchev–Trinajstić information content (AvgIpc) is 2.46. The summed E-state index contributed by atoms with van der Waals surface area (Å²) in [7, 11) is -0.278. The number of rotatable bonds is 5. The minimum Gasteiger partial charge on any atom is -0.278 e. The predicted molar refractivity (Wildman–Crippen MR) is 82.6 cm³/mol. The maximum absolute atomic E-state index is 2.61. The molecule has 0 N–H and O–H groups in total. The Morgan fingerprint density at radius 1 is 1.06 bits per heavy atom. The lowest BCUT2D eigenvalue weighted by atomic mass is 10.2. The van der Waals surface area contributed by atoms with Gasteiger partial charge in [0.15, 0.2) is 0 Å². The molecule has 0 aliphatic heterocycles. The molecule has 1 atom stereocenters. The van der Waals surface area contributed by atoms with Crippen molar-refractivity contribution >= 4 is 13.4 Å². The Bertz CT molecular complexity index is 394. The molecule has 1 aromatic carbocycles. The number of nitrogens with zero attached hydrogens (tertiary/aromatic N) is 1. The maximum Gasteiger partial charge on any atom is 0.0325 e. The summed E-state index contributed by atoms with van der Waals surface area (Å²) in [5.41, 5.74) is 0.566. The van der Waals surface area contributed by atoms with Gasteiger partial charge in [0.25, 0.3) is 0 Å². The molecule has 1 nitrogen and oxygen atoms in total. The van der Waals surface area contributed by atoms with Crippen molar-refractivity contribution in [3.63, 3.8) is 0 Å². The molecule has 1 unspecified atom stereocenters. The lowest BCUT2D eigenvalue weighted by Crippen LogP contribution is -2.27. The van der Waals surface area contributed by atoms with Gasteiger partial charge in [0.1, 0.15) is 0 Å². The van der Waals surface area contributed by atoms with Crippen LogP contribution in [0.3, 0.4) is 0 Å². The molecular formula is C16H22NP. The molecule has 96 valence electrons. The van der Waals surface area contributed by atoms with Crippen molar-refractivity contribution < 1.29 is 0 Å². The molecule has 0 aromatic heterocycles. The molecule has 0 radical (unpaired) electrons. The Morgan fingerprint density at radius 2 is 1.67 bits per heavy atom. The third-order valence-electron chi connectivity index (χ3n) is 3.28. The van der Waals surface area contributed by atoms with E-state index >= 15 is 0 Å². The first-order valence-electron chi connectivity index (χ1n) is 6.79. The zero-order chi connectivity index (χ0) is 12.8. The lowest BCUT2D eigenvalue weighted by Gasteiger charge is -2.34.